The van der Waals surface area contributed by atoms with Gasteiger partial charge in [0.25, 0.3) is 0 Å². The van der Waals surface area contributed by atoms with Crippen molar-refractivity contribution in [2.75, 3.05) is 25.1 Å². The van der Waals surface area contributed by atoms with Crippen molar-refractivity contribution in [2.45, 2.75) is 13.5 Å². The zero-order valence-electron chi connectivity index (χ0n) is 11.2. The summed E-state index contributed by atoms with van der Waals surface area (Å²) in [5.41, 5.74) is 0.835. The molecule has 106 valence electrons. The summed E-state index contributed by atoms with van der Waals surface area (Å²) in [5.74, 6) is 1.54. The average Bonchev–Trinajstić information content (AvgIpc) is 2.40. The van der Waals surface area contributed by atoms with Crippen molar-refractivity contribution in [1.82, 2.24) is 10.6 Å². The smallest absolute Gasteiger partial charge is 0.191 e. The monoisotopic (exact) mass is 347 g/mol. The molecule has 1 rings (SSSR count). The van der Waals surface area contributed by atoms with Crippen LogP contribution in [0, 0.1) is 5.82 Å². The van der Waals surface area contributed by atoms with E-state index in [0.717, 1.165) is 34.8 Å². The fraction of sp³-hybridized carbons (Fsp3) is 0.462. The molecule has 0 spiro atoms. The maximum Gasteiger partial charge on any atom is 0.191 e. The molecule has 0 aromatic heterocycles. The van der Waals surface area contributed by atoms with E-state index >= 15 is 0 Å². The van der Waals surface area contributed by atoms with Crippen molar-refractivity contribution in [3.63, 3.8) is 0 Å². The minimum atomic E-state index is -0.242. The molecule has 0 aliphatic rings. The number of rotatable bonds is 6. The van der Waals surface area contributed by atoms with Gasteiger partial charge in [-0.15, -0.1) is 0 Å². The lowest BCUT2D eigenvalue weighted by molar-refractivity contribution is 0.625. The van der Waals surface area contributed by atoms with Gasteiger partial charge in [0.05, 0.1) is 6.54 Å². The van der Waals surface area contributed by atoms with Crippen molar-refractivity contribution < 1.29 is 4.39 Å². The molecule has 3 nitrogen and oxygen atoms in total. The molecular formula is C13H19BrFN3S. The Kier molecular flexibility index (Phi) is 7.90. The topological polar surface area (TPSA) is 36.4 Å². The van der Waals surface area contributed by atoms with Crippen molar-refractivity contribution in [1.29, 1.82) is 0 Å². The zero-order valence-corrected chi connectivity index (χ0v) is 13.6. The minimum absolute atomic E-state index is 0.242. The fourth-order valence-corrected chi connectivity index (χ4v) is 2.12. The molecule has 0 saturated heterocycles. The van der Waals surface area contributed by atoms with Crippen LogP contribution in [0.2, 0.25) is 0 Å². The number of halogens is 2. The Morgan fingerprint density at radius 1 is 1.42 bits per heavy atom. The Hall–Kier alpha value is -0.750. The van der Waals surface area contributed by atoms with Gasteiger partial charge in [0, 0.05) is 23.3 Å². The fourth-order valence-electron chi connectivity index (χ4n) is 1.44. The molecule has 0 unspecified atom stereocenters. The van der Waals surface area contributed by atoms with Gasteiger partial charge in [0.15, 0.2) is 5.96 Å². The highest BCUT2D eigenvalue weighted by atomic mass is 79.9. The molecule has 1 aromatic rings. The van der Waals surface area contributed by atoms with Crippen LogP contribution in [-0.2, 0) is 6.54 Å². The summed E-state index contributed by atoms with van der Waals surface area (Å²) < 4.78 is 14.0. The first-order valence-corrected chi connectivity index (χ1v) is 8.31. The molecule has 0 atom stereocenters. The molecule has 0 aliphatic heterocycles. The Labute approximate surface area is 126 Å². The summed E-state index contributed by atoms with van der Waals surface area (Å²) in [6, 6.07) is 4.63. The lowest BCUT2D eigenvalue weighted by Crippen LogP contribution is -2.38. The maximum atomic E-state index is 13.2. The SMILES string of the molecule is CCNC(=NCc1cc(F)ccc1Br)NCCSC. The van der Waals surface area contributed by atoms with Gasteiger partial charge in [-0.25, -0.2) is 9.38 Å². The summed E-state index contributed by atoms with van der Waals surface area (Å²) in [7, 11) is 0. The molecule has 0 bridgehead atoms. The quantitative estimate of drug-likeness (QED) is 0.471. The van der Waals surface area contributed by atoms with E-state index in [1.165, 1.54) is 12.1 Å². The van der Waals surface area contributed by atoms with Crippen molar-refractivity contribution in [3.05, 3.63) is 34.1 Å². The van der Waals surface area contributed by atoms with E-state index in [4.69, 9.17) is 0 Å². The number of guanidine groups is 1. The van der Waals surface area contributed by atoms with E-state index in [0.29, 0.717) is 6.54 Å². The Bertz CT molecular complexity index is 426. The largest absolute Gasteiger partial charge is 0.357 e. The summed E-state index contributed by atoms with van der Waals surface area (Å²) >= 11 is 5.18. The van der Waals surface area contributed by atoms with E-state index < -0.39 is 0 Å². The van der Waals surface area contributed by atoms with Crippen LogP contribution in [0.25, 0.3) is 0 Å². The minimum Gasteiger partial charge on any atom is -0.357 e. The number of hydrogen-bond donors (Lipinski definition) is 2. The average molecular weight is 348 g/mol. The first-order chi connectivity index (χ1) is 9.17. The van der Waals surface area contributed by atoms with Gasteiger partial charge in [-0.05, 0) is 36.9 Å². The Balaban J connectivity index is 2.65. The predicted octanol–water partition coefficient (Wildman–Crippen LogP) is 3.01. The molecule has 1 aromatic carbocycles. The highest BCUT2D eigenvalue weighted by Crippen LogP contribution is 2.18. The van der Waals surface area contributed by atoms with Crippen LogP contribution in [0.1, 0.15) is 12.5 Å². The van der Waals surface area contributed by atoms with Crippen LogP contribution in [0.5, 0.6) is 0 Å². The maximum absolute atomic E-state index is 13.2. The van der Waals surface area contributed by atoms with E-state index in [-0.39, 0.29) is 5.82 Å². The molecule has 2 N–H and O–H groups in total. The zero-order chi connectivity index (χ0) is 14.1. The number of hydrogen-bond acceptors (Lipinski definition) is 2. The van der Waals surface area contributed by atoms with Crippen LogP contribution < -0.4 is 10.6 Å². The molecule has 0 saturated carbocycles. The molecular weight excluding hydrogens is 329 g/mol. The summed E-state index contributed by atoms with van der Waals surface area (Å²) in [4.78, 5) is 4.45. The van der Waals surface area contributed by atoms with Gasteiger partial charge in [-0.2, -0.15) is 11.8 Å². The van der Waals surface area contributed by atoms with Gasteiger partial charge >= 0.3 is 0 Å². The number of nitrogens with one attached hydrogen (secondary N) is 2. The van der Waals surface area contributed by atoms with Crippen molar-refractivity contribution >= 4 is 33.7 Å². The molecule has 19 heavy (non-hydrogen) atoms. The second kappa shape index (κ2) is 9.20. The predicted molar refractivity (Wildman–Crippen MR) is 85.3 cm³/mol. The number of aliphatic imine (C=N–C) groups is 1. The summed E-state index contributed by atoms with van der Waals surface area (Å²) in [6.07, 6.45) is 2.07. The number of thioether (sulfide) groups is 1. The van der Waals surface area contributed by atoms with Gasteiger partial charge < -0.3 is 10.6 Å². The van der Waals surface area contributed by atoms with Crippen LogP contribution in [-0.4, -0.2) is 31.1 Å². The van der Waals surface area contributed by atoms with Gasteiger partial charge in [-0.3, -0.25) is 0 Å². The van der Waals surface area contributed by atoms with Gasteiger partial charge in [0.1, 0.15) is 5.82 Å². The van der Waals surface area contributed by atoms with Gasteiger partial charge in [0.2, 0.25) is 0 Å². The highest BCUT2D eigenvalue weighted by molar-refractivity contribution is 9.10. The number of benzene rings is 1. The second-order valence-electron chi connectivity index (χ2n) is 3.85. The van der Waals surface area contributed by atoms with E-state index in [1.54, 1.807) is 17.8 Å². The van der Waals surface area contributed by atoms with Crippen LogP contribution in [0.15, 0.2) is 27.7 Å². The van der Waals surface area contributed by atoms with E-state index in [9.17, 15) is 4.39 Å². The standard InChI is InChI=1S/C13H19BrFN3S/c1-3-16-13(17-6-7-19-2)18-9-10-8-11(15)4-5-12(10)14/h4-5,8H,3,6-7,9H2,1-2H3,(H2,16,17,18). The third-order valence-corrected chi connectivity index (χ3v) is 3.74. The molecule has 0 fully saturated rings. The lowest BCUT2D eigenvalue weighted by atomic mass is 10.2. The van der Waals surface area contributed by atoms with Crippen LogP contribution >= 0.6 is 27.7 Å². The van der Waals surface area contributed by atoms with E-state index in [1.807, 2.05) is 6.92 Å². The third kappa shape index (κ3) is 6.29. The van der Waals surface area contributed by atoms with Crippen molar-refractivity contribution in [2.24, 2.45) is 4.99 Å². The second-order valence-corrected chi connectivity index (χ2v) is 5.69. The van der Waals surface area contributed by atoms with Crippen LogP contribution in [0.3, 0.4) is 0 Å². The molecule has 0 amide bonds. The first-order valence-electron chi connectivity index (χ1n) is 6.12. The first kappa shape index (κ1) is 16.3. The Morgan fingerprint density at radius 3 is 2.89 bits per heavy atom. The molecule has 0 radical (unpaired) electrons. The molecule has 0 heterocycles. The Morgan fingerprint density at radius 2 is 2.21 bits per heavy atom. The lowest BCUT2D eigenvalue weighted by Gasteiger charge is -2.11. The van der Waals surface area contributed by atoms with Gasteiger partial charge in [-0.1, -0.05) is 15.9 Å². The van der Waals surface area contributed by atoms with E-state index in [2.05, 4.69) is 37.8 Å². The molecule has 0 aliphatic carbocycles. The highest BCUT2D eigenvalue weighted by Gasteiger charge is 2.02. The number of nitrogens with zero attached hydrogens (tertiary/aromatic N) is 1. The summed E-state index contributed by atoms with van der Waals surface area (Å²) in [5, 5.41) is 6.40. The van der Waals surface area contributed by atoms with Crippen molar-refractivity contribution in [3.8, 4) is 0 Å². The van der Waals surface area contributed by atoms with Crippen LogP contribution in [0.4, 0.5) is 4.39 Å². The normalized spacial score (nSPS) is 11.5. The molecule has 6 heteroatoms. The summed E-state index contributed by atoms with van der Waals surface area (Å²) in [6.45, 7) is 4.11. The third-order valence-electron chi connectivity index (χ3n) is 2.36.